The second kappa shape index (κ2) is 10.6. The molecule has 4 rings (SSSR count). The fourth-order valence-electron chi connectivity index (χ4n) is 3.85. The third-order valence-electron chi connectivity index (χ3n) is 5.50. The Morgan fingerprint density at radius 1 is 0.912 bits per heavy atom. The SMILES string of the molecule is COc1ccc(CN(C)Cn2nc(-c3ccccc3F)n(Cc3ccccc3)c2=S)cc1OC. The van der Waals surface area contributed by atoms with Crippen LogP contribution in [-0.4, -0.2) is 40.5 Å². The van der Waals surface area contributed by atoms with E-state index in [-0.39, 0.29) is 5.82 Å². The van der Waals surface area contributed by atoms with Crippen LogP contribution in [0.3, 0.4) is 0 Å². The predicted molar refractivity (Wildman–Crippen MR) is 133 cm³/mol. The molecule has 0 amide bonds. The summed E-state index contributed by atoms with van der Waals surface area (Å²) in [5, 5.41) is 4.73. The van der Waals surface area contributed by atoms with Crippen molar-refractivity contribution in [3.8, 4) is 22.9 Å². The fourth-order valence-corrected chi connectivity index (χ4v) is 4.10. The molecule has 176 valence electrons. The second-order valence-electron chi connectivity index (χ2n) is 8.00. The van der Waals surface area contributed by atoms with E-state index >= 15 is 0 Å². The molecule has 4 aromatic rings. The lowest BCUT2D eigenvalue weighted by atomic mass is 10.2. The summed E-state index contributed by atoms with van der Waals surface area (Å²) in [6, 6.07) is 22.4. The molecule has 0 unspecified atom stereocenters. The first-order chi connectivity index (χ1) is 16.5. The maximum absolute atomic E-state index is 14.7. The fraction of sp³-hybridized carbons (Fsp3) is 0.231. The highest BCUT2D eigenvalue weighted by Gasteiger charge is 2.17. The summed E-state index contributed by atoms with van der Waals surface area (Å²) < 4.78 is 29.6. The van der Waals surface area contributed by atoms with Gasteiger partial charge < -0.3 is 9.47 Å². The molecule has 0 atom stereocenters. The number of hydrogen-bond donors (Lipinski definition) is 0. The molecule has 0 saturated heterocycles. The Kier molecular flexibility index (Phi) is 7.40. The average Bonchev–Trinajstić information content (AvgIpc) is 3.14. The molecular formula is C26H27FN4O2S. The van der Waals surface area contributed by atoms with Crippen molar-refractivity contribution in [2.24, 2.45) is 0 Å². The molecule has 8 heteroatoms. The smallest absolute Gasteiger partial charge is 0.199 e. The third-order valence-corrected chi connectivity index (χ3v) is 5.93. The van der Waals surface area contributed by atoms with Gasteiger partial charge in [0, 0.05) is 6.54 Å². The first-order valence-electron chi connectivity index (χ1n) is 10.9. The first kappa shape index (κ1) is 23.7. The zero-order valence-corrected chi connectivity index (χ0v) is 20.3. The van der Waals surface area contributed by atoms with Crippen molar-refractivity contribution in [3.63, 3.8) is 0 Å². The molecule has 0 bridgehead atoms. The average molecular weight is 479 g/mol. The van der Waals surface area contributed by atoms with Crippen LogP contribution in [0, 0.1) is 10.6 Å². The summed E-state index contributed by atoms with van der Waals surface area (Å²) in [6.07, 6.45) is 0. The Bertz CT molecular complexity index is 1320. The zero-order chi connectivity index (χ0) is 24.1. The van der Waals surface area contributed by atoms with Gasteiger partial charge in [-0.1, -0.05) is 48.5 Å². The Morgan fingerprint density at radius 2 is 1.62 bits per heavy atom. The molecule has 0 aliphatic rings. The zero-order valence-electron chi connectivity index (χ0n) is 19.4. The van der Waals surface area contributed by atoms with E-state index < -0.39 is 0 Å². The number of hydrogen-bond acceptors (Lipinski definition) is 5. The van der Waals surface area contributed by atoms with Crippen molar-refractivity contribution < 1.29 is 13.9 Å². The molecule has 0 saturated carbocycles. The standard InChI is InChI=1S/C26H27FN4O2S/c1-29(16-20-13-14-23(32-2)24(15-20)33-3)18-31-26(34)30(17-19-9-5-4-6-10-19)25(28-31)21-11-7-8-12-22(21)27/h4-15H,16-18H2,1-3H3. The molecule has 0 radical (unpaired) electrons. The maximum Gasteiger partial charge on any atom is 0.199 e. The molecule has 0 aliphatic carbocycles. The largest absolute Gasteiger partial charge is 0.493 e. The van der Waals surface area contributed by atoms with Crippen LogP contribution in [0.4, 0.5) is 4.39 Å². The Labute approximate surface area is 203 Å². The van der Waals surface area contributed by atoms with Crippen molar-refractivity contribution >= 4 is 12.2 Å². The Balaban J connectivity index is 1.64. The normalized spacial score (nSPS) is 11.1. The van der Waals surface area contributed by atoms with Gasteiger partial charge in [0.2, 0.25) is 0 Å². The molecule has 0 fully saturated rings. The van der Waals surface area contributed by atoms with E-state index in [1.165, 1.54) is 6.07 Å². The van der Waals surface area contributed by atoms with Crippen LogP contribution in [0.25, 0.3) is 11.4 Å². The number of benzene rings is 3. The minimum absolute atomic E-state index is 0.331. The van der Waals surface area contributed by atoms with Gasteiger partial charge in [0.25, 0.3) is 0 Å². The monoisotopic (exact) mass is 478 g/mol. The number of halogens is 1. The molecule has 6 nitrogen and oxygen atoms in total. The van der Waals surface area contributed by atoms with Crippen LogP contribution in [0.2, 0.25) is 0 Å². The highest BCUT2D eigenvalue weighted by Crippen LogP contribution is 2.28. The van der Waals surface area contributed by atoms with Crippen LogP contribution >= 0.6 is 12.2 Å². The lowest BCUT2D eigenvalue weighted by molar-refractivity contribution is 0.243. The summed E-state index contributed by atoms with van der Waals surface area (Å²) in [7, 11) is 5.22. The van der Waals surface area contributed by atoms with Crippen molar-refractivity contribution in [2.45, 2.75) is 19.8 Å². The molecule has 0 aliphatic heterocycles. The minimum atomic E-state index is -0.331. The van der Waals surface area contributed by atoms with Gasteiger partial charge in [0.15, 0.2) is 22.1 Å². The van der Waals surface area contributed by atoms with Crippen LogP contribution < -0.4 is 9.47 Å². The van der Waals surface area contributed by atoms with E-state index in [1.54, 1.807) is 37.1 Å². The van der Waals surface area contributed by atoms with Gasteiger partial charge in [-0.3, -0.25) is 9.47 Å². The van der Waals surface area contributed by atoms with Gasteiger partial charge in [-0.2, -0.15) is 5.10 Å². The summed E-state index contributed by atoms with van der Waals surface area (Å²) in [5.41, 5.74) is 2.55. The molecule has 0 N–H and O–H groups in total. The highest BCUT2D eigenvalue weighted by molar-refractivity contribution is 7.71. The van der Waals surface area contributed by atoms with Gasteiger partial charge in [0.05, 0.1) is 33.0 Å². The number of ether oxygens (including phenoxy) is 2. The highest BCUT2D eigenvalue weighted by atomic mass is 32.1. The van der Waals surface area contributed by atoms with Crippen molar-refractivity contribution in [1.82, 2.24) is 19.2 Å². The number of methoxy groups -OCH3 is 2. The first-order valence-corrected chi connectivity index (χ1v) is 11.3. The summed E-state index contributed by atoms with van der Waals surface area (Å²) in [5.74, 6) is 1.54. The summed E-state index contributed by atoms with van der Waals surface area (Å²) >= 11 is 5.79. The molecule has 3 aromatic carbocycles. The van der Waals surface area contributed by atoms with E-state index in [2.05, 4.69) is 4.90 Å². The predicted octanol–water partition coefficient (Wildman–Crippen LogP) is 5.38. The van der Waals surface area contributed by atoms with Gasteiger partial charge in [-0.15, -0.1) is 0 Å². The van der Waals surface area contributed by atoms with E-state index in [4.69, 9.17) is 26.8 Å². The van der Waals surface area contributed by atoms with Crippen LogP contribution in [-0.2, 0) is 19.8 Å². The number of aromatic nitrogens is 3. The Hall–Kier alpha value is -3.49. The van der Waals surface area contributed by atoms with Crippen molar-refractivity contribution in [2.75, 3.05) is 21.3 Å². The quantitative estimate of drug-likeness (QED) is 0.303. The summed E-state index contributed by atoms with van der Waals surface area (Å²) in [4.78, 5) is 2.09. The third kappa shape index (κ3) is 5.18. The van der Waals surface area contributed by atoms with E-state index in [0.29, 0.717) is 47.4 Å². The maximum atomic E-state index is 14.7. The van der Waals surface area contributed by atoms with Crippen molar-refractivity contribution in [1.29, 1.82) is 0 Å². The molecule has 0 spiro atoms. The molecule has 1 heterocycles. The van der Waals surface area contributed by atoms with Crippen LogP contribution in [0.1, 0.15) is 11.1 Å². The second-order valence-corrected chi connectivity index (χ2v) is 8.37. The van der Waals surface area contributed by atoms with E-state index in [1.807, 2.05) is 60.1 Å². The van der Waals surface area contributed by atoms with E-state index in [9.17, 15) is 4.39 Å². The number of rotatable bonds is 9. The topological polar surface area (TPSA) is 44.5 Å². The van der Waals surface area contributed by atoms with Crippen LogP contribution in [0.5, 0.6) is 11.5 Å². The lowest BCUT2D eigenvalue weighted by Gasteiger charge is -2.17. The van der Waals surface area contributed by atoms with Crippen LogP contribution in [0.15, 0.2) is 72.8 Å². The van der Waals surface area contributed by atoms with Gasteiger partial charge >= 0.3 is 0 Å². The number of nitrogens with zero attached hydrogens (tertiary/aromatic N) is 4. The van der Waals surface area contributed by atoms with Gasteiger partial charge in [0.1, 0.15) is 5.82 Å². The molecular weight excluding hydrogens is 451 g/mol. The van der Waals surface area contributed by atoms with Gasteiger partial charge in [-0.25, -0.2) is 9.07 Å². The molecule has 1 aromatic heterocycles. The lowest BCUT2D eigenvalue weighted by Crippen LogP contribution is -2.22. The van der Waals surface area contributed by atoms with Gasteiger partial charge in [-0.05, 0) is 54.7 Å². The summed E-state index contributed by atoms with van der Waals surface area (Å²) in [6.45, 7) is 1.59. The van der Waals surface area contributed by atoms with Crippen molar-refractivity contribution in [3.05, 3.63) is 94.5 Å². The molecule has 34 heavy (non-hydrogen) atoms. The van der Waals surface area contributed by atoms with E-state index in [0.717, 1.165) is 11.1 Å². The minimum Gasteiger partial charge on any atom is -0.493 e. The Morgan fingerprint density at radius 3 is 2.32 bits per heavy atom.